The molecule has 108 valence electrons. The molecule has 3 unspecified atom stereocenters. The smallest absolute Gasteiger partial charge is 0.0757 e. The Morgan fingerprint density at radius 3 is 2.74 bits per heavy atom. The van der Waals surface area contributed by atoms with Crippen molar-refractivity contribution in [2.75, 3.05) is 13.2 Å². The molecule has 0 aliphatic carbocycles. The second-order valence-electron chi connectivity index (χ2n) is 5.59. The minimum Gasteiger partial charge on any atom is -0.376 e. The molecule has 2 heterocycles. The van der Waals surface area contributed by atoms with Crippen molar-refractivity contribution < 1.29 is 4.74 Å². The molecule has 1 aromatic heterocycles. The van der Waals surface area contributed by atoms with Crippen molar-refractivity contribution in [3.05, 3.63) is 21.9 Å². The van der Waals surface area contributed by atoms with Gasteiger partial charge in [0.05, 0.1) is 6.10 Å². The van der Waals surface area contributed by atoms with Gasteiger partial charge in [-0.2, -0.15) is 0 Å². The van der Waals surface area contributed by atoms with Crippen LogP contribution < -0.4 is 5.32 Å². The van der Waals surface area contributed by atoms with Crippen LogP contribution in [-0.2, 0) is 17.6 Å². The fourth-order valence-electron chi connectivity index (χ4n) is 2.80. The molecule has 1 aliphatic rings. The Balaban J connectivity index is 2.00. The molecule has 0 amide bonds. The van der Waals surface area contributed by atoms with Crippen molar-refractivity contribution in [2.24, 2.45) is 5.92 Å². The van der Waals surface area contributed by atoms with Crippen LogP contribution in [0.2, 0.25) is 0 Å². The highest BCUT2D eigenvalue weighted by Gasteiger charge is 2.31. The van der Waals surface area contributed by atoms with E-state index in [2.05, 4.69) is 38.2 Å². The monoisotopic (exact) mass is 281 g/mol. The topological polar surface area (TPSA) is 21.3 Å². The van der Waals surface area contributed by atoms with E-state index in [-0.39, 0.29) is 0 Å². The maximum Gasteiger partial charge on any atom is 0.0757 e. The number of rotatable bonds is 7. The first-order valence-electron chi connectivity index (χ1n) is 7.67. The highest BCUT2D eigenvalue weighted by atomic mass is 32.1. The normalized spacial score (nSPS) is 24.8. The number of ether oxygens (including phenoxy) is 1. The lowest BCUT2D eigenvalue weighted by molar-refractivity contribution is 0.0612. The van der Waals surface area contributed by atoms with Gasteiger partial charge in [-0.25, -0.2) is 0 Å². The molecular formula is C16H27NOS. The van der Waals surface area contributed by atoms with E-state index in [0.29, 0.717) is 18.1 Å². The minimum absolute atomic E-state index is 0.388. The van der Waals surface area contributed by atoms with Gasteiger partial charge < -0.3 is 10.1 Å². The van der Waals surface area contributed by atoms with Crippen LogP contribution in [0.15, 0.2) is 12.1 Å². The summed E-state index contributed by atoms with van der Waals surface area (Å²) < 4.78 is 5.97. The van der Waals surface area contributed by atoms with E-state index in [9.17, 15) is 0 Å². The maximum atomic E-state index is 5.97. The van der Waals surface area contributed by atoms with Crippen LogP contribution in [0.5, 0.6) is 0 Å². The van der Waals surface area contributed by atoms with Crippen molar-refractivity contribution in [3.63, 3.8) is 0 Å². The molecule has 1 aliphatic heterocycles. The minimum atomic E-state index is 0.388. The van der Waals surface area contributed by atoms with Crippen LogP contribution in [0.3, 0.4) is 0 Å². The second kappa shape index (κ2) is 7.41. The van der Waals surface area contributed by atoms with Gasteiger partial charge in [-0.05, 0) is 50.3 Å². The van der Waals surface area contributed by atoms with Gasteiger partial charge in [-0.1, -0.05) is 20.8 Å². The number of hydrogen-bond donors (Lipinski definition) is 1. The molecule has 1 saturated heterocycles. The second-order valence-corrected chi connectivity index (χ2v) is 6.84. The Kier molecular flexibility index (Phi) is 5.86. The highest BCUT2D eigenvalue weighted by Crippen LogP contribution is 2.26. The first kappa shape index (κ1) is 15.0. The summed E-state index contributed by atoms with van der Waals surface area (Å²) in [5.41, 5.74) is 0. The summed E-state index contributed by atoms with van der Waals surface area (Å²) >= 11 is 1.96. The number of aryl methyl sites for hydroxylation is 1. The zero-order chi connectivity index (χ0) is 13.7. The third-order valence-electron chi connectivity index (χ3n) is 3.98. The van der Waals surface area contributed by atoms with Gasteiger partial charge in [0.15, 0.2) is 0 Å². The SMILES string of the molecule is CCCNC(Cc1ccc(CC)s1)C1OCCC1C. The van der Waals surface area contributed by atoms with Gasteiger partial charge in [0.2, 0.25) is 0 Å². The third kappa shape index (κ3) is 4.04. The van der Waals surface area contributed by atoms with E-state index in [1.165, 1.54) is 22.6 Å². The molecule has 0 bridgehead atoms. The van der Waals surface area contributed by atoms with E-state index in [1.807, 2.05) is 11.3 Å². The van der Waals surface area contributed by atoms with Crippen molar-refractivity contribution in [3.8, 4) is 0 Å². The number of thiophene rings is 1. The van der Waals surface area contributed by atoms with Crippen molar-refractivity contribution in [1.29, 1.82) is 0 Å². The molecule has 2 nitrogen and oxygen atoms in total. The average Bonchev–Trinajstić information content (AvgIpc) is 3.03. The standard InChI is InChI=1S/C16H27NOS/c1-4-9-17-15(16-12(3)8-10-18-16)11-14-7-6-13(5-2)19-14/h6-7,12,15-17H,4-5,8-11H2,1-3H3. The molecule has 3 heteroatoms. The average molecular weight is 281 g/mol. The molecule has 1 fully saturated rings. The number of hydrogen-bond acceptors (Lipinski definition) is 3. The van der Waals surface area contributed by atoms with E-state index in [1.54, 1.807) is 0 Å². The van der Waals surface area contributed by atoms with E-state index >= 15 is 0 Å². The summed E-state index contributed by atoms with van der Waals surface area (Å²) in [6, 6.07) is 5.04. The molecule has 0 spiro atoms. The summed E-state index contributed by atoms with van der Waals surface area (Å²) in [7, 11) is 0. The van der Waals surface area contributed by atoms with Crippen LogP contribution in [0.1, 0.15) is 43.4 Å². The molecular weight excluding hydrogens is 254 g/mol. The Hall–Kier alpha value is -0.380. The Morgan fingerprint density at radius 2 is 2.16 bits per heavy atom. The zero-order valence-electron chi connectivity index (χ0n) is 12.4. The summed E-state index contributed by atoms with van der Waals surface area (Å²) in [5.74, 6) is 0.681. The van der Waals surface area contributed by atoms with E-state index < -0.39 is 0 Å². The largest absolute Gasteiger partial charge is 0.376 e. The quantitative estimate of drug-likeness (QED) is 0.824. The first-order chi connectivity index (χ1) is 9.24. The molecule has 0 aromatic carbocycles. The molecule has 0 radical (unpaired) electrons. The van der Waals surface area contributed by atoms with Crippen molar-refractivity contribution in [2.45, 2.75) is 58.6 Å². The fraction of sp³-hybridized carbons (Fsp3) is 0.750. The van der Waals surface area contributed by atoms with Gasteiger partial charge in [-0.3, -0.25) is 0 Å². The van der Waals surface area contributed by atoms with E-state index in [0.717, 1.165) is 26.0 Å². The molecule has 1 N–H and O–H groups in total. The van der Waals surface area contributed by atoms with Gasteiger partial charge in [0, 0.05) is 22.4 Å². The predicted octanol–water partition coefficient (Wildman–Crippen LogP) is 3.65. The van der Waals surface area contributed by atoms with Crippen LogP contribution in [-0.4, -0.2) is 25.3 Å². The molecule has 1 aromatic rings. The van der Waals surface area contributed by atoms with Crippen molar-refractivity contribution in [1.82, 2.24) is 5.32 Å². The third-order valence-corrected chi connectivity index (χ3v) is 5.24. The molecule has 0 saturated carbocycles. The lowest BCUT2D eigenvalue weighted by Gasteiger charge is -2.27. The lowest BCUT2D eigenvalue weighted by Crippen LogP contribution is -2.44. The van der Waals surface area contributed by atoms with Gasteiger partial charge in [-0.15, -0.1) is 11.3 Å². The summed E-state index contributed by atoms with van der Waals surface area (Å²) in [6.45, 7) is 8.79. The van der Waals surface area contributed by atoms with Gasteiger partial charge >= 0.3 is 0 Å². The predicted molar refractivity (Wildman–Crippen MR) is 83.0 cm³/mol. The summed E-state index contributed by atoms with van der Waals surface area (Å²) in [5, 5.41) is 3.70. The molecule has 3 atom stereocenters. The molecule has 2 rings (SSSR count). The van der Waals surface area contributed by atoms with Crippen LogP contribution in [0, 0.1) is 5.92 Å². The zero-order valence-corrected chi connectivity index (χ0v) is 13.3. The van der Waals surface area contributed by atoms with Crippen LogP contribution in [0.25, 0.3) is 0 Å². The number of nitrogens with one attached hydrogen (secondary N) is 1. The Bertz CT molecular complexity index is 377. The highest BCUT2D eigenvalue weighted by molar-refractivity contribution is 7.11. The van der Waals surface area contributed by atoms with Crippen LogP contribution in [0.4, 0.5) is 0 Å². The van der Waals surface area contributed by atoms with Crippen molar-refractivity contribution >= 4 is 11.3 Å². The lowest BCUT2D eigenvalue weighted by atomic mass is 9.95. The van der Waals surface area contributed by atoms with Gasteiger partial charge in [0.1, 0.15) is 0 Å². The van der Waals surface area contributed by atoms with Crippen LogP contribution >= 0.6 is 11.3 Å². The maximum absolute atomic E-state index is 5.97. The summed E-state index contributed by atoms with van der Waals surface area (Å²) in [4.78, 5) is 2.98. The Labute approximate surface area is 121 Å². The Morgan fingerprint density at radius 1 is 1.37 bits per heavy atom. The van der Waals surface area contributed by atoms with Gasteiger partial charge in [0.25, 0.3) is 0 Å². The summed E-state index contributed by atoms with van der Waals surface area (Å²) in [6.07, 6.45) is 5.04. The van der Waals surface area contributed by atoms with E-state index in [4.69, 9.17) is 4.74 Å². The first-order valence-corrected chi connectivity index (χ1v) is 8.48. The molecule has 19 heavy (non-hydrogen) atoms. The fourth-order valence-corrected chi connectivity index (χ4v) is 3.82.